The number of hydrogen-bond acceptors (Lipinski definition) is 4. The van der Waals surface area contributed by atoms with Gasteiger partial charge in [0.2, 0.25) is 0 Å². The van der Waals surface area contributed by atoms with Crippen LogP contribution in [-0.2, 0) is 16.1 Å². The zero-order chi connectivity index (χ0) is 11.5. The Balaban J connectivity index is 1.91. The van der Waals surface area contributed by atoms with Gasteiger partial charge in [-0.1, -0.05) is 30.3 Å². The lowest BCUT2D eigenvalue weighted by Gasteiger charge is -2.17. The van der Waals surface area contributed by atoms with E-state index < -0.39 is 24.6 Å². The monoisotopic (exact) mass is 224 g/mol. The second-order valence-electron chi connectivity index (χ2n) is 3.98. The zero-order valence-electron chi connectivity index (χ0n) is 9.11. The van der Waals surface area contributed by atoms with E-state index in [9.17, 15) is 10.2 Å². The molecular formula is C12H16O4. The molecule has 1 aromatic carbocycles. The molecule has 1 saturated heterocycles. The summed E-state index contributed by atoms with van der Waals surface area (Å²) in [4.78, 5) is 0. The van der Waals surface area contributed by atoms with Crippen molar-refractivity contribution >= 4 is 0 Å². The van der Waals surface area contributed by atoms with Gasteiger partial charge in [0, 0.05) is 0 Å². The maximum absolute atomic E-state index is 9.70. The third kappa shape index (κ3) is 2.41. The van der Waals surface area contributed by atoms with Crippen molar-refractivity contribution in [1.29, 1.82) is 0 Å². The molecule has 2 N–H and O–H groups in total. The normalized spacial score (nSPS) is 34.2. The van der Waals surface area contributed by atoms with Crippen molar-refractivity contribution in [2.75, 3.05) is 0 Å². The number of ether oxygens (including phenoxy) is 2. The quantitative estimate of drug-likeness (QED) is 0.792. The molecule has 2 rings (SSSR count). The smallest absolute Gasteiger partial charge is 0.184 e. The van der Waals surface area contributed by atoms with Gasteiger partial charge in [-0.15, -0.1) is 0 Å². The Kier molecular flexibility index (Phi) is 3.56. The van der Waals surface area contributed by atoms with Crippen LogP contribution in [0.4, 0.5) is 0 Å². The summed E-state index contributed by atoms with van der Waals surface area (Å²) in [6.07, 6.45) is -2.89. The molecular weight excluding hydrogens is 208 g/mol. The Hall–Kier alpha value is -0.940. The van der Waals surface area contributed by atoms with E-state index in [0.29, 0.717) is 6.61 Å². The Morgan fingerprint density at radius 2 is 1.94 bits per heavy atom. The van der Waals surface area contributed by atoms with Gasteiger partial charge in [-0.3, -0.25) is 0 Å². The van der Waals surface area contributed by atoms with Gasteiger partial charge in [-0.25, -0.2) is 0 Å². The Bertz CT molecular complexity index is 327. The Labute approximate surface area is 94.4 Å². The molecule has 0 saturated carbocycles. The van der Waals surface area contributed by atoms with Crippen molar-refractivity contribution < 1.29 is 19.7 Å². The predicted octanol–water partition coefficient (Wildman–Crippen LogP) is 0.670. The van der Waals surface area contributed by atoms with Crippen molar-refractivity contribution in [3.63, 3.8) is 0 Å². The first-order valence-electron chi connectivity index (χ1n) is 5.35. The molecule has 88 valence electrons. The largest absolute Gasteiger partial charge is 0.387 e. The zero-order valence-corrected chi connectivity index (χ0v) is 9.11. The maximum atomic E-state index is 9.70. The first-order valence-corrected chi connectivity index (χ1v) is 5.35. The molecule has 4 unspecified atom stereocenters. The minimum atomic E-state index is -1.05. The molecule has 0 radical (unpaired) electrons. The minimum Gasteiger partial charge on any atom is -0.387 e. The molecule has 0 bridgehead atoms. The van der Waals surface area contributed by atoms with Crippen LogP contribution in [0, 0.1) is 0 Å². The number of benzene rings is 1. The fourth-order valence-electron chi connectivity index (χ4n) is 1.76. The van der Waals surface area contributed by atoms with E-state index in [2.05, 4.69) is 0 Å². The van der Waals surface area contributed by atoms with Gasteiger partial charge in [0.15, 0.2) is 6.29 Å². The summed E-state index contributed by atoms with van der Waals surface area (Å²) in [6.45, 7) is 2.06. The SMILES string of the molecule is CC1OC(O)C(OCc2ccccc2)C1O. The fraction of sp³-hybridized carbons (Fsp3) is 0.500. The van der Waals surface area contributed by atoms with Crippen LogP contribution in [0.25, 0.3) is 0 Å². The topological polar surface area (TPSA) is 58.9 Å². The summed E-state index contributed by atoms with van der Waals surface area (Å²) >= 11 is 0. The van der Waals surface area contributed by atoms with Crippen LogP contribution in [0.15, 0.2) is 30.3 Å². The third-order valence-corrected chi connectivity index (χ3v) is 2.74. The van der Waals surface area contributed by atoms with Crippen molar-refractivity contribution in [3.05, 3.63) is 35.9 Å². The molecule has 4 heteroatoms. The molecule has 16 heavy (non-hydrogen) atoms. The van der Waals surface area contributed by atoms with E-state index in [1.54, 1.807) is 6.92 Å². The van der Waals surface area contributed by atoms with E-state index in [4.69, 9.17) is 9.47 Å². The van der Waals surface area contributed by atoms with Gasteiger partial charge in [-0.2, -0.15) is 0 Å². The third-order valence-electron chi connectivity index (χ3n) is 2.74. The highest BCUT2D eigenvalue weighted by atomic mass is 16.7. The number of hydrogen-bond donors (Lipinski definition) is 2. The summed E-state index contributed by atoms with van der Waals surface area (Å²) in [5.74, 6) is 0. The predicted molar refractivity (Wildman–Crippen MR) is 57.6 cm³/mol. The molecule has 0 spiro atoms. The molecule has 1 aliphatic rings. The maximum Gasteiger partial charge on any atom is 0.184 e. The summed E-state index contributed by atoms with van der Waals surface area (Å²) in [5, 5.41) is 19.2. The van der Waals surface area contributed by atoms with Crippen molar-refractivity contribution in [1.82, 2.24) is 0 Å². The van der Waals surface area contributed by atoms with Gasteiger partial charge in [-0.05, 0) is 12.5 Å². The van der Waals surface area contributed by atoms with Crippen LogP contribution in [0.1, 0.15) is 12.5 Å². The van der Waals surface area contributed by atoms with Crippen molar-refractivity contribution in [2.24, 2.45) is 0 Å². The standard InChI is InChI=1S/C12H16O4/c1-8-10(13)11(12(14)16-8)15-7-9-5-3-2-4-6-9/h2-6,8,10-14H,7H2,1H3. The molecule has 1 aliphatic heterocycles. The molecule has 1 heterocycles. The molecule has 4 nitrogen and oxygen atoms in total. The van der Waals surface area contributed by atoms with Crippen LogP contribution >= 0.6 is 0 Å². The van der Waals surface area contributed by atoms with E-state index in [1.165, 1.54) is 0 Å². The Morgan fingerprint density at radius 1 is 1.25 bits per heavy atom. The van der Waals surface area contributed by atoms with Crippen LogP contribution in [0.5, 0.6) is 0 Å². The van der Waals surface area contributed by atoms with Gasteiger partial charge in [0.1, 0.15) is 12.2 Å². The molecule has 1 fully saturated rings. The first-order chi connectivity index (χ1) is 7.68. The lowest BCUT2D eigenvalue weighted by molar-refractivity contribution is -0.145. The van der Waals surface area contributed by atoms with Gasteiger partial charge < -0.3 is 19.7 Å². The van der Waals surface area contributed by atoms with Crippen LogP contribution in [0.2, 0.25) is 0 Å². The second kappa shape index (κ2) is 4.93. The van der Waals surface area contributed by atoms with E-state index in [-0.39, 0.29) is 0 Å². The lowest BCUT2D eigenvalue weighted by atomic mass is 10.1. The lowest BCUT2D eigenvalue weighted by Crippen LogP contribution is -2.34. The highest BCUT2D eigenvalue weighted by Crippen LogP contribution is 2.22. The van der Waals surface area contributed by atoms with E-state index >= 15 is 0 Å². The number of aliphatic hydroxyl groups is 2. The molecule has 1 aromatic rings. The van der Waals surface area contributed by atoms with Crippen LogP contribution < -0.4 is 0 Å². The van der Waals surface area contributed by atoms with Gasteiger partial charge in [0.05, 0.1) is 12.7 Å². The van der Waals surface area contributed by atoms with Crippen LogP contribution in [0.3, 0.4) is 0 Å². The van der Waals surface area contributed by atoms with E-state index in [0.717, 1.165) is 5.56 Å². The fourth-order valence-corrected chi connectivity index (χ4v) is 1.76. The first kappa shape index (κ1) is 11.5. The molecule has 0 amide bonds. The highest BCUT2D eigenvalue weighted by molar-refractivity contribution is 5.13. The Morgan fingerprint density at radius 3 is 2.50 bits per heavy atom. The summed E-state index contributed by atoms with van der Waals surface area (Å²) in [6, 6.07) is 9.61. The van der Waals surface area contributed by atoms with Gasteiger partial charge in [0.25, 0.3) is 0 Å². The summed E-state index contributed by atoms with van der Waals surface area (Å²) in [7, 11) is 0. The van der Waals surface area contributed by atoms with E-state index in [1.807, 2.05) is 30.3 Å². The molecule has 0 aromatic heterocycles. The van der Waals surface area contributed by atoms with Crippen molar-refractivity contribution in [2.45, 2.75) is 38.1 Å². The summed E-state index contributed by atoms with van der Waals surface area (Å²) < 4.78 is 10.5. The molecule has 0 aliphatic carbocycles. The average Bonchev–Trinajstić information content (AvgIpc) is 2.53. The second-order valence-corrected chi connectivity index (χ2v) is 3.98. The van der Waals surface area contributed by atoms with Crippen molar-refractivity contribution in [3.8, 4) is 0 Å². The minimum absolute atomic E-state index is 0.357. The summed E-state index contributed by atoms with van der Waals surface area (Å²) in [5.41, 5.74) is 1.00. The van der Waals surface area contributed by atoms with Crippen LogP contribution in [-0.4, -0.2) is 34.8 Å². The molecule has 4 atom stereocenters. The number of rotatable bonds is 3. The van der Waals surface area contributed by atoms with Gasteiger partial charge >= 0.3 is 0 Å². The highest BCUT2D eigenvalue weighted by Gasteiger charge is 2.41. The average molecular weight is 224 g/mol. The number of aliphatic hydroxyl groups excluding tert-OH is 2.